The second-order valence-corrected chi connectivity index (χ2v) is 8.08. The van der Waals surface area contributed by atoms with Gasteiger partial charge in [-0.05, 0) is 31.0 Å². The number of hydrogen-bond donors (Lipinski definition) is 5. The minimum absolute atomic E-state index is 0.143. The Morgan fingerprint density at radius 1 is 1.11 bits per heavy atom. The lowest BCUT2D eigenvalue weighted by molar-refractivity contribution is 0.490. The van der Waals surface area contributed by atoms with Crippen molar-refractivity contribution in [2.45, 2.75) is 30.0 Å². The van der Waals surface area contributed by atoms with Crippen LogP contribution in [0.25, 0.3) is 0 Å². The molecule has 6 N–H and O–H groups in total. The number of primary sulfonamides is 1. The maximum atomic E-state index is 12.1. The van der Waals surface area contributed by atoms with Gasteiger partial charge in [-0.25, -0.2) is 29.4 Å². The van der Waals surface area contributed by atoms with Gasteiger partial charge in [0.1, 0.15) is 6.17 Å². The number of rotatable bonds is 4. The van der Waals surface area contributed by atoms with Crippen LogP contribution in [0, 0.1) is 0 Å². The molecule has 11 heteroatoms. The highest BCUT2D eigenvalue weighted by Gasteiger charge is 2.31. The minimum atomic E-state index is -3.98. The zero-order chi connectivity index (χ0) is 18.9. The SMILES string of the molecule is NS(=O)(=O)c1nccc(N2CCCC(c3ccccn3)C2)c1C1NNNN1. The van der Waals surface area contributed by atoms with Gasteiger partial charge in [0.15, 0.2) is 5.03 Å². The van der Waals surface area contributed by atoms with Crippen LogP contribution in [0.15, 0.2) is 41.7 Å². The first-order chi connectivity index (χ1) is 13.0. The first-order valence-electron chi connectivity index (χ1n) is 8.72. The maximum Gasteiger partial charge on any atom is 0.255 e. The van der Waals surface area contributed by atoms with Crippen LogP contribution in [0.3, 0.4) is 0 Å². The normalized spacial score (nSPS) is 21.5. The molecule has 0 aliphatic carbocycles. The summed E-state index contributed by atoms with van der Waals surface area (Å²) in [6.07, 6.45) is 4.81. The van der Waals surface area contributed by atoms with E-state index in [9.17, 15) is 8.42 Å². The standard InChI is InChI=1S/C16H22N8O2S/c17-27(25,26)16-14(15-20-22-23-21-15)13(6-8-19-16)24-9-3-4-11(10-24)12-5-1-2-7-18-12/h1-2,5-8,11,15,20-23H,3-4,9-10H2,(H2,17,25,26). The van der Waals surface area contributed by atoms with E-state index in [2.05, 4.69) is 36.8 Å². The summed E-state index contributed by atoms with van der Waals surface area (Å²) in [7, 11) is -3.98. The lowest BCUT2D eigenvalue weighted by atomic mass is 9.93. The Labute approximate surface area is 157 Å². The Bertz CT molecular complexity index is 902. The van der Waals surface area contributed by atoms with Crippen LogP contribution in [0.5, 0.6) is 0 Å². The number of pyridine rings is 2. The van der Waals surface area contributed by atoms with E-state index in [0.29, 0.717) is 5.56 Å². The molecule has 0 radical (unpaired) electrons. The molecular formula is C16H22N8O2S. The second-order valence-electron chi connectivity index (χ2n) is 6.61. The molecule has 2 aliphatic heterocycles. The summed E-state index contributed by atoms with van der Waals surface area (Å²) in [6, 6.07) is 7.75. The minimum Gasteiger partial charge on any atom is -0.370 e. The van der Waals surface area contributed by atoms with Crippen molar-refractivity contribution in [1.29, 1.82) is 0 Å². The van der Waals surface area contributed by atoms with Gasteiger partial charge in [0, 0.05) is 48.3 Å². The summed E-state index contributed by atoms with van der Waals surface area (Å²) >= 11 is 0. The van der Waals surface area contributed by atoms with Gasteiger partial charge in [0.05, 0.1) is 0 Å². The number of nitrogens with zero attached hydrogens (tertiary/aromatic N) is 3. The highest BCUT2D eigenvalue weighted by molar-refractivity contribution is 7.89. The Morgan fingerprint density at radius 3 is 2.63 bits per heavy atom. The largest absolute Gasteiger partial charge is 0.370 e. The van der Waals surface area contributed by atoms with E-state index < -0.39 is 16.2 Å². The average Bonchev–Trinajstić information content (AvgIpc) is 3.22. The summed E-state index contributed by atoms with van der Waals surface area (Å²) in [5.74, 6) is 0.277. The first kappa shape index (κ1) is 18.2. The van der Waals surface area contributed by atoms with Crippen molar-refractivity contribution in [3.8, 4) is 0 Å². The zero-order valence-electron chi connectivity index (χ0n) is 14.6. The van der Waals surface area contributed by atoms with Gasteiger partial charge in [0.2, 0.25) is 0 Å². The van der Waals surface area contributed by atoms with E-state index in [1.807, 2.05) is 24.3 Å². The van der Waals surface area contributed by atoms with Crippen LogP contribution < -0.4 is 32.0 Å². The molecular weight excluding hydrogens is 368 g/mol. The van der Waals surface area contributed by atoms with E-state index in [-0.39, 0.29) is 10.9 Å². The van der Waals surface area contributed by atoms with Crippen LogP contribution in [-0.4, -0.2) is 31.5 Å². The molecule has 0 spiro atoms. The van der Waals surface area contributed by atoms with Crippen LogP contribution in [0.1, 0.15) is 36.2 Å². The van der Waals surface area contributed by atoms with Crippen molar-refractivity contribution in [3.05, 3.63) is 47.9 Å². The second kappa shape index (κ2) is 7.46. The summed E-state index contributed by atoms with van der Waals surface area (Å²) in [4.78, 5) is 10.7. The number of hydrogen-bond acceptors (Lipinski definition) is 9. The van der Waals surface area contributed by atoms with Crippen molar-refractivity contribution in [2.24, 2.45) is 5.14 Å². The predicted octanol–water partition coefficient (Wildman–Crippen LogP) is -0.376. The maximum absolute atomic E-state index is 12.1. The Kier molecular flexibility index (Phi) is 5.04. The molecule has 1 unspecified atom stereocenters. The van der Waals surface area contributed by atoms with Gasteiger partial charge in [-0.2, -0.15) is 11.1 Å². The number of aromatic nitrogens is 2. The fourth-order valence-electron chi connectivity index (χ4n) is 3.67. The molecule has 1 atom stereocenters. The van der Waals surface area contributed by atoms with Gasteiger partial charge in [-0.15, -0.1) is 0 Å². The average molecular weight is 390 g/mol. The molecule has 0 saturated carbocycles. The molecule has 27 heavy (non-hydrogen) atoms. The van der Waals surface area contributed by atoms with Crippen molar-refractivity contribution < 1.29 is 8.42 Å². The summed E-state index contributed by atoms with van der Waals surface area (Å²) < 4.78 is 24.2. The predicted molar refractivity (Wildman–Crippen MR) is 99.3 cm³/mol. The quantitative estimate of drug-likeness (QED) is 0.473. The Balaban J connectivity index is 1.72. The van der Waals surface area contributed by atoms with Crippen molar-refractivity contribution in [1.82, 2.24) is 31.9 Å². The molecule has 144 valence electrons. The molecule has 2 saturated heterocycles. The number of hydrazine groups is 3. The molecule has 2 fully saturated rings. The molecule has 0 amide bonds. The van der Waals surface area contributed by atoms with Crippen molar-refractivity contribution in [2.75, 3.05) is 18.0 Å². The molecule has 2 aliphatic rings. The highest BCUT2D eigenvalue weighted by atomic mass is 32.2. The van der Waals surface area contributed by atoms with E-state index in [1.165, 1.54) is 6.20 Å². The van der Waals surface area contributed by atoms with Gasteiger partial charge in [-0.3, -0.25) is 4.98 Å². The molecule has 4 rings (SSSR count). The number of anilines is 1. The molecule has 10 nitrogen and oxygen atoms in total. The van der Waals surface area contributed by atoms with Crippen LogP contribution >= 0.6 is 0 Å². The fraction of sp³-hybridized carbons (Fsp3) is 0.375. The van der Waals surface area contributed by atoms with Gasteiger partial charge in [-0.1, -0.05) is 6.07 Å². The van der Waals surface area contributed by atoms with E-state index in [0.717, 1.165) is 37.3 Å². The molecule has 2 aromatic rings. The smallest absolute Gasteiger partial charge is 0.255 e. The van der Waals surface area contributed by atoms with Crippen molar-refractivity contribution >= 4 is 15.7 Å². The molecule has 0 bridgehead atoms. The van der Waals surface area contributed by atoms with Crippen LogP contribution in [0.2, 0.25) is 0 Å². The number of piperidine rings is 1. The van der Waals surface area contributed by atoms with Crippen LogP contribution in [-0.2, 0) is 10.0 Å². The number of nitrogens with two attached hydrogens (primary N) is 1. The third-order valence-corrected chi connectivity index (χ3v) is 5.72. The summed E-state index contributed by atoms with van der Waals surface area (Å²) in [5.41, 5.74) is 13.6. The van der Waals surface area contributed by atoms with Gasteiger partial charge < -0.3 is 4.90 Å². The lowest BCUT2D eigenvalue weighted by Gasteiger charge is -2.36. The Morgan fingerprint density at radius 2 is 1.93 bits per heavy atom. The van der Waals surface area contributed by atoms with Gasteiger partial charge >= 0.3 is 0 Å². The Hall–Kier alpha value is -2.15. The highest BCUT2D eigenvalue weighted by Crippen LogP contribution is 2.34. The van der Waals surface area contributed by atoms with Crippen molar-refractivity contribution in [3.63, 3.8) is 0 Å². The summed E-state index contributed by atoms with van der Waals surface area (Å²) in [6.45, 7) is 1.56. The fourth-order valence-corrected chi connectivity index (χ4v) is 4.41. The monoisotopic (exact) mass is 390 g/mol. The molecule has 0 aromatic carbocycles. The van der Waals surface area contributed by atoms with E-state index in [1.54, 1.807) is 6.20 Å². The number of sulfonamides is 1. The topological polar surface area (TPSA) is 137 Å². The first-order valence-corrected chi connectivity index (χ1v) is 10.3. The lowest BCUT2D eigenvalue weighted by Crippen LogP contribution is -2.38. The summed E-state index contributed by atoms with van der Waals surface area (Å²) in [5, 5.41) is 5.28. The zero-order valence-corrected chi connectivity index (χ0v) is 15.4. The molecule has 4 heterocycles. The van der Waals surface area contributed by atoms with E-state index in [4.69, 9.17) is 5.14 Å². The van der Waals surface area contributed by atoms with Crippen LogP contribution in [0.4, 0.5) is 5.69 Å². The third-order valence-electron chi connectivity index (χ3n) is 4.85. The third kappa shape index (κ3) is 3.78. The van der Waals surface area contributed by atoms with Gasteiger partial charge in [0.25, 0.3) is 10.0 Å². The van der Waals surface area contributed by atoms with E-state index >= 15 is 0 Å². The molecule has 2 aromatic heterocycles. The number of nitrogens with one attached hydrogen (secondary N) is 4.